The van der Waals surface area contributed by atoms with Crippen LogP contribution in [0.1, 0.15) is 55.6 Å². The van der Waals surface area contributed by atoms with Crippen molar-refractivity contribution >= 4 is 11.4 Å². The van der Waals surface area contributed by atoms with Gasteiger partial charge in [-0.05, 0) is 108 Å². The molecule has 0 aliphatic carbocycles. The molecule has 4 rings (SSSR count). The minimum Gasteiger partial charge on any atom is -0.398 e. The van der Waals surface area contributed by atoms with Gasteiger partial charge in [0.15, 0.2) is 0 Å². The lowest BCUT2D eigenvalue weighted by Gasteiger charge is -2.39. The van der Waals surface area contributed by atoms with E-state index < -0.39 is 28.9 Å². The Morgan fingerprint density at radius 2 is 0.805 bits per heavy atom. The standard InChI is InChI=1S/C33H32F6N2/c1-19-13-25(14-20(2)27(19)17-23-9-5-7-11-29(23)40)31(32(34,35)36,33(37,38)39)26-15-21(3)28(22(4)16-26)18-24-10-6-8-12-30(24)41/h5-16H,17-18,40-41H2,1-4H3. The molecular weight excluding hydrogens is 538 g/mol. The Balaban J connectivity index is 1.92. The predicted octanol–water partition coefficient (Wildman–Crippen LogP) is 8.68. The number of para-hydroxylation sites is 2. The molecule has 0 saturated carbocycles. The van der Waals surface area contributed by atoms with Crippen molar-refractivity contribution in [1.82, 2.24) is 0 Å². The molecule has 0 aromatic heterocycles. The first-order valence-electron chi connectivity index (χ1n) is 13.1. The fraction of sp³-hybridized carbons (Fsp3) is 0.273. The van der Waals surface area contributed by atoms with E-state index in [1.54, 1.807) is 48.5 Å². The summed E-state index contributed by atoms with van der Waals surface area (Å²) in [6.07, 6.45) is -10.8. The topological polar surface area (TPSA) is 52.0 Å². The summed E-state index contributed by atoms with van der Waals surface area (Å²) < 4.78 is 90.1. The quantitative estimate of drug-likeness (QED) is 0.180. The van der Waals surface area contributed by atoms with Gasteiger partial charge in [0.25, 0.3) is 0 Å². The molecule has 0 fully saturated rings. The van der Waals surface area contributed by atoms with Gasteiger partial charge in [-0.15, -0.1) is 0 Å². The second kappa shape index (κ2) is 10.8. The third kappa shape index (κ3) is 5.39. The largest absolute Gasteiger partial charge is 0.411 e. The van der Waals surface area contributed by atoms with Crippen LogP contribution >= 0.6 is 0 Å². The van der Waals surface area contributed by atoms with E-state index in [0.717, 1.165) is 35.4 Å². The molecule has 4 aromatic carbocycles. The molecule has 0 aliphatic rings. The summed E-state index contributed by atoms with van der Waals surface area (Å²) in [5.41, 5.74) is 11.2. The summed E-state index contributed by atoms with van der Waals surface area (Å²) >= 11 is 0. The van der Waals surface area contributed by atoms with Gasteiger partial charge in [-0.1, -0.05) is 60.7 Å². The van der Waals surface area contributed by atoms with E-state index in [0.29, 0.717) is 44.8 Å². The normalized spacial score (nSPS) is 12.5. The Morgan fingerprint density at radius 3 is 1.07 bits per heavy atom. The maximum atomic E-state index is 15.0. The first kappa shape index (κ1) is 30.0. The lowest BCUT2D eigenvalue weighted by molar-refractivity contribution is -0.288. The van der Waals surface area contributed by atoms with Crippen molar-refractivity contribution in [3.8, 4) is 0 Å². The third-order valence-corrected chi connectivity index (χ3v) is 7.95. The summed E-state index contributed by atoms with van der Waals surface area (Å²) in [7, 11) is 0. The average Bonchev–Trinajstić information content (AvgIpc) is 2.84. The van der Waals surface area contributed by atoms with Gasteiger partial charge in [0.2, 0.25) is 5.41 Å². The molecule has 0 atom stereocenters. The molecule has 0 unspecified atom stereocenters. The Labute approximate surface area is 236 Å². The number of benzene rings is 4. The smallest absolute Gasteiger partial charge is 0.398 e. The minimum absolute atomic E-state index is 0.283. The summed E-state index contributed by atoms with van der Waals surface area (Å²) in [4.78, 5) is 0. The zero-order chi connectivity index (χ0) is 30.3. The van der Waals surface area contributed by atoms with E-state index in [1.807, 2.05) is 0 Å². The highest BCUT2D eigenvalue weighted by Crippen LogP contribution is 2.57. The first-order chi connectivity index (χ1) is 19.1. The Morgan fingerprint density at radius 1 is 0.512 bits per heavy atom. The van der Waals surface area contributed by atoms with Crippen molar-refractivity contribution in [1.29, 1.82) is 0 Å². The molecule has 4 N–H and O–H groups in total. The van der Waals surface area contributed by atoms with E-state index in [9.17, 15) is 0 Å². The number of aryl methyl sites for hydroxylation is 4. The zero-order valence-electron chi connectivity index (χ0n) is 23.3. The Kier molecular flexibility index (Phi) is 7.91. The molecule has 0 radical (unpaired) electrons. The van der Waals surface area contributed by atoms with Gasteiger partial charge >= 0.3 is 12.4 Å². The van der Waals surface area contributed by atoms with Crippen molar-refractivity contribution in [3.63, 3.8) is 0 Å². The number of nitrogens with two attached hydrogens (primary N) is 2. The van der Waals surface area contributed by atoms with E-state index >= 15 is 26.3 Å². The molecule has 0 aliphatic heterocycles. The number of rotatable bonds is 6. The summed E-state index contributed by atoms with van der Waals surface area (Å²) in [5.74, 6) is 0. The zero-order valence-corrected chi connectivity index (χ0v) is 23.3. The van der Waals surface area contributed by atoms with Crippen LogP contribution in [0.25, 0.3) is 0 Å². The molecule has 8 heteroatoms. The molecule has 0 amide bonds. The molecule has 0 heterocycles. The molecule has 216 valence electrons. The maximum absolute atomic E-state index is 15.0. The van der Waals surface area contributed by atoms with Crippen LogP contribution in [0.3, 0.4) is 0 Å². The van der Waals surface area contributed by atoms with Crippen LogP contribution in [0.15, 0.2) is 72.8 Å². The van der Waals surface area contributed by atoms with Crippen LogP contribution in [0.5, 0.6) is 0 Å². The number of hydrogen-bond acceptors (Lipinski definition) is 2. The molecule has 41 heavy (non-hydrogen) atoms. The van der Waals surface area contributed by atoms with Gasteiger partial charge in [-0.2, -0.15) is 26.3 Å². The molecular formula is C33H32F6N2. The van der Waals surface area contributed by atoms with E-state index in [2.05, 4.69) is 0 Å². The average molecular weight is 571 g/mol. The van der Waals surface area contributed by atoms with Gasteiger partial charge < -0.3 is 11.5 Å². The summed E-state index contributed by atoms with van der Waals surface area (Å²) in [5, 5.41) is 0. The van der Waals surface area contributed by atoms with Gasteiger partial charge in [-0.25, -0.2) is 0 Å². The highest BCUT2D eigenvalue weighted by Gasteiger charge is 2.72. The highest BCUT2D eigenvalue weighted by molar-refractivity contribution is 5.56. The summed E-state index contributed by atoms with van der Waals surface area (Å²) in [6.45, 7) is 6.14. The van der Waals surface area contributed by atoms with Crippen molar-refractivity contribution in [2.45, 2.75) is 58.3 Å². The molecule has 4 aromatic rings. The van der Waals surface area contributed by atoms with Crippen molar-refractivity contribution in [2.24, 2.45) is 0 Å². The first-order valence-corrected chi connectivity index (χ1v) is 13.1. The number of nitrogen functional groups attached to an aromatic ring is 2. The monoisotopic (exact) mass is 570 g/mol. The predicted molar refractivity (Wildman–Crippen MR) is 152 cm³/mol. The number of anilines is 2. The SMILES string of the molecule is Cc1cc(C(c2cc(C)c(Cc3ccccc3N)c(C)c2)(C(F)(F)F)C(F)(F)F)cc(C)c1Cc1ccccc1N. The third-order valence-electron chi connectivity index (χ3n) is 7.95. The number of halogens is 6. The van der Waals surface area contributed by atoms with Crippen LogP contribution in [0.4, 0.5) is 37.7 Å². The van der Waals surface area contributed by atoms with Crippen LogP contribution in [-0.4, -0.2) is 12.4 Å². The van der Waals surface area contributed by atoms with Gasteiger partial charge in [0.05, 0.1) is 0 Å². The maximum Gasteiger partial charge on any atom is 0.411 e. The number of alkyl halides is 6. The van der Waals surface area contributed by atoms with Gasteiger partial charge in [-0.3, -0.25) is 0 Å². The van der Waals surface area contributed by atoms with Crippen LogP contribution in [0.2, 0.25) is 0 Å². The van der Waals surface area contributed by atoms with E-state index in [1.165, 1.54) is 27.7 Å². The van der Waals surface area contributed by atoms with Crippen molar-refractivity contribution in [3.05, 3.63) is 128 Å². The molecule has 0 spiro atoms. The van der Waals surface area contributed by atoms with Crippen LogP contribution in [0, 0.1) is 27.7 Å². The van der Waals surface area contributed by atoms with E-state index in [4.69, 9.17) is 11.5 Å². The van der Waals surface area contributed by atoms with Crippen LogP contribution in [-0.2, 0) is 18.3 Å². The Hall–Kier alpha value is -3.94. The lowest BCUT2D eigenvalue weighted by atomic mass is 9.70. The second-order valence-corrected chi connectivity index (χ2v) is 10.7. The minimum atomic E-state index is -5.68. The van der Waals surface area contributed by atoms with Crippen molar-refractivity contribution in [2.75, 3.05) is 11.5 Å². The summed E-state index contributed by atoms with van der Waals surface area (Å²) in [6, 6.07) is 18.1. The fourth-order valence-electron chi connectivity index (χ4n) is 5.73. The second-order valence-electron chi connectivity index (χ2n) is 10.7. The van der Waals surface area contributed by atoms with E-state index in [-0.39, 0.29) is 12.8 Å². The highest BCUT2D eigenvalue weighted by atomic mass is 19.4. The molecule has 0 bridgehead atoms. The number of hydrogen-bond donors (Lipinski definition) is 2. The Bertz CT molecular complexity index is 1420. The van der Waals surface area contributed by atoms with Crippen molar-refractivity contribution < 1.29 is 26.3 Å². The fourth-order valence-corrected chi connectivity index (χ4v) is 5.73. The van der Waals surface area contributed by atoms with Gasteiger partial charge in [0, 0.05) is 11.4 Å². The van der Waals surface area contributed by atoms with Crippen LogP contribution < -0.4 is 11.5 Å². The molecule has 2 nitrogen and oxygen atoms in total. The molecule has 0 saturated heterocycles. The van der Waals surface area contributed by atoms with Gasteiger partial charge in [0.1, 0.15) is 0 Å². The lowest BCUT2D eigenvalue weighted by Crippen LogP contribution is -2.55.